The summed E-state index contributed by atoms with van der Waals surface area (Å²) >= 11 is 0. The molecule has 1 aromatic heterocycles. The summed E-state index contributed by atoms with van der Waals surface area (Å²) < 4.78 is 0. The number of nitrogens with zero attached hydrogens (tertiary/aromatic N) is 1. The molecule has 0 aliphatic heterocycles. The molecule has 1 radical (unpaired) electrons. The van der Waals surface area contributed by atoms with E-state index in [-0.39, 0.29) is 11.5 Å². The lowest BCUT2D eigenvalue weighted by Gasteiger charge is -2.06. The normalized spacial score (nSPS) is 9.88. The number of carbonyl (C=O) groups excluding carboxylic acids is 3. The fraction of sp³-hybridized carbons (Fsp3) is 0.100. The number of pyridine rings is 1. The predicted octanol–water partition coefficient (Wildman–Crippen LogP) is -0.582. The van der Waals surface area contributed by atoms with Gasteiger partial charge in [-0.2, -0.15) is 0 Å². The molecule has 0 bridgehead atoms. The molecule has 83 valence electrons. The van der Waals surface area contributed by atoms with Crippen LogP contribution in [0.25, 0.3) is 0 Å². The van der Waals surface area contributed by atoms with E-state index in [2.05, 4.69) is 4.98 Å². The van der Waals surface area contributed by atoms with Gasteiger partial charge in [-0.05, 0) is 19.1 Å². The highest BCUT2D eigenvalue weighted by atomic mass is 16.2. The van der Waals surface area contributed by atoms with E-state index in [1.807, 2.05) is 5.32 Å². The van der Waals surface area contributed by atoms with Gasteiger partial charge in [0.15, 0.2) is 0 Å². The summed E-state index contributed by atoms with van der Waals surface area (Å²) in [7, 11) is 0. The van der Waals surface area contributed by atoms with Gasteiger partial charge in [-0.1, -0.05) is 0 Å². The van der Waals surface area contributed by atoms with Crippen LogP contribution in [0.5, 0.6) is 0 Å². The van der Waals surface area contributed by atoms with Crippen LogP contribution in [-0.2, 0) is 9.59 Å². The molecule has 6 nitrogen and oxygen atoms in total. The van der Waals surface area contributed by atoms with Crippen molar-refractivity contribution in [3.05, 3.63) is 36.0 Å². The third kappa shape index (κ3) is 2.88. The van der Waals surface area contributed by atoms with Crippen molar-refractivity contribution in [2.24, 2.45) is 5.73 Å². The fourth-order valence-corrected chi connectivity index (χ4v) is 0.884. The highest BCUT2D eigenvalue weighted by Gasteiger charge is 2.22. The zero-order valence-electron chi connectivity index (χ0n) is 8.56. The zero-order valence-corrected chi connectivity index (χ0v) is 8.56. The van der Waals surface area contributed by atoms with E-state index in [0.717, 1.165) is 0 Å². The molecule has 0 aliphatic rings. The van der Waals surface area contributed by atoms with Crippen LogP contribution in [0.2, 0.25) is 0 Å². The third-order valence-electron chi connectivity index (χ3n) is 1.88. The molecule has 1 heterocycles. The monoisotopic (exact) mass is 220 g/mol. The maximum absolute atomic E-state index is 11.5. The van der Waals surface area contributed by atoms with Gasteiger partial charge < -0.3 is 5.73 Å². The Bertz CT molecular complexity index is 417. The Morgan fingerprint density at radius 2 is 1.81 bits per heavy atom. The number of carbonyl (C=O) groups is 3. The predicted molar refractivity (Wildman–Crippen MR) is 54.8 cm³/mol. The van der Waals surface area contributed by atoms with Crippen LogP contribution in [0.1, 0.15) is 17.3 Å². The topological polar surface area (TPSA) is 102 Å². The summed E-state index contributed by atoms with van der Waals surface area (Å²) in [6, 6.07) is 2.89. The Kier molecular flexibility index (Phi) is 3.71. The van der Waals surface area contributed by atoms with Crippen LogP contribution < -0.4 is 11.1 Å². The minimum atomic E-state index is -0.861. The molecule has 0 saturated heterocycles. The largest absolute Gasteiger partial charge is 0.369 e. The SMILES string of the molecule is C[C](C(N)=O)C(=O)NC(=O)c1ccncc1. The average Bonchev–Trinajstić information content (AvgIpc) is 2.28. The molecule has 6 heteroatoms. The lowest BCUT2D eigenvalue weighted by Crippen LogP contribution is -2.38. The number of amides is 3. The molecule has 1 aromatic rings. The summed E-state index contributed by atoms with van der Waals surface area (Å²) in [5.74, 6) is -2.48. The molecule has 1 rings (SSSR count). The maximum Gasteiger partial charge on any atom is 0.257 e. The molecular weight excluding hydrogens is 210 g/mol. The van der Waals surface area contributed by atoms with Crippen molar-refractivity contribution < 1.29 is 14.4 Å². The van der Waals surface area contributed by atoms with Crippen molar-refractivity contribution >= 4 is 17.7 Å². The van der Waals surface area contributed by atoms with Gasteiger partial charge in [0, 0.05) is 18.0 Å². The number of rotatable bonds is 3. The number of primary amides is 1. The van der Waals surface area contributed by atoms with E-state index in [1.165, 1.54) is 31.5 Å². The first-order valence-electron chi connectivity index (χ1n) is 4.41. The van der Waals surface area contributed by atoms with E-state index >= 15 is 0 Å². The van der Waals surface area contributed by atoms with Crippen molar-refractivity contribution in [1.29, 1.82) is 0 Å². The molecule has 0 aromatic carbocycles. The summed E-state index contributed by atoms with van der Waals surface area (Å²) in [4.78, 5) is 37.1. The van der Waals surface area contributed by atoms with Crippen LogP contribution in [0.15, 0.2) is 24.5 Å². The Labute approximate surface area is 91.9 Å². The van der Waals surface area contributed by atoms with Crippen molar-refractivity contribution in [3.8, 4) is 0 Å². The maximum atomic E-state index is 11.5. The smallest absolute Gasteiger partial charge is 0.257 e. The average molecular weight is 220 g/mol. The summed E-state index contributed by atoms with van der Waals surface area (Å²) in [6.45, 7) is 1.25. The van der Waals surface area contributed by atoms with Crippen molar-refractivity contribution in [3.63, 3.8) is 0 Å². The van der Waals surface area contributed by atoms with Crippen LogP contribution in [0.3, 0.4) is 0 Å². The fourth-order valence-electron chi connectivity index (χ4n) is 0.884. The first-order valence-corrected chi connectivity index (χ1v) is 4.41. The molecule has 0 spiro atoms. The van der Waals surface area contributed by atoms with E-state index in [0.29, 0.717) is 0 Å². The molecule has 0 unspecified atom stereocenters. The number of nitrogens with one attached hydrogen (secondary N) is 1. The van der Waals surface area contributed by atoms with Crippen molar-refractivity contribution in [1.82, 2.24) is 10.3 Å². The van der Waals surface area contributed by atoms with Gasteiger partial charge in [0.1, 0.15) is 5.92 Å². The highest BCUT2D eigenvalue weighted by Crippen LogP contribution is 1.99. The molecule has 16 heavy (non-hydrogen) atoms. The van der Waals surface area contributed by atoms with Gasteiger partial charge in [-0.15, -0.1) is 0 Å². The molecule has 0 saturated carbocycles. The Hall–Kier alpha value is -2.24. The minimum Gasteiger partial charge on any atom is -0.369 e. The van der Waals surface area contributed by atoms with E-state index in [1.54, 1.807) is 0 Å². The van der Waals surface area contributed by atoms with Crippen LogP contribution in [0.4, 0.5) is 0 Å². The van der Waals surface area contributed by atoms with Crippen LogP contribution in [-0.4, -0.2) is 22.7 Å². The van der Waals surface area contributed by atoms with Gasteiger partial charge in [0.05, 0.1) is 0 Å². The standard InChI is InChI=1S/C10H10N3O3/c1-6(8(11)14)9(15)13-10(16)7-2-4-12-5-3-7/h2-5H,1H3,(H2,11,14)(H,13,15,16). The number of nitrogens with two attached hydrogens (primary N) is 1. The second kappa shape index (κ2) is 5.01. The first-order chi connectivity index (χ1) is 7.52. The van der Waals surface area contributed by atoms with Gasteiger partial charge in [-0.25, -0.2) is 0 Å². The molecular formula is C10H10N3O3. The van der Waals surface area contributed by atoms with Gasteiger partial charge in [0.2, 0.25) is 11.8 Å². The molecule has 3 amide bonds. The second-order valence-electron chi connectivity index (χ2n) is 3.01. The molecule has 0 aliphatic carbocycles. The van der Waals surface area contributed by atoms with E-state index in [9.17, 15) is 14.4 Å². The molecule has 3 N–H and O–H groups in total. The molecule has 0 atom stereocenters. The highest BCUT2D eigenvalue weighted by molar-refractivity contribution is 6.19. The van der Waals surface area contributed by atoms with Crippen LogP contribution >= 0.6 is 0 Å². The molecule has 0 fully saturated rings. The lowest BCUT2D eigenvalue weighted by atomic mass is 10.1. The lowest BCUT2D eigenvalue weighted by molar-refractivity contribution is -0.124. The summed E-state index contributed by atoms with van der Waals surface area (Å²) in [5, 5.41) is 2.03. The van der Waals surface area contributed by atoms with Gasteiger partial charge >= 0.3 is 0 Å². The second-order valence-corrected chi connectivity index (χ2v) is 3.01. The number of hydrogen-bond acceptors (Lipinski definition) is 4. The summed E-state index contributed by atoms with van der Waals surface area (Å²) in [5.41, 5.74) is 5.17. The van der Waals surface area contributed by atoms with Crippen LogP contribution in [0, 0.1) is 5.92 Å². The van der Waals surface area contributed by atoms with Crippen molar-refractivity contribution in [2.75, 3.05) is 0 Å². The third-order valence-corrected chi connectivity index (χ3v) is 1.88. The van der Waals surface area contributed by atoms with E-state index in [4.69, 9.17) is 5.73 Å². The number of hydrogen-bond donors (Lipinski definition) is 2. The van der Waals surface area contributed by atoms with E-state index < -0.39 is 17.7 Å². The Morgan fingerprint density at radius 1 is 1.25 bits per heavy atom. The minimum absolute atomic E-state index is 0.220. The van der Waals surface area contributed by atoms with Crippen molar-refractivity contribution in [2.45, 2.75) is 6.92 Å². The van der Waals surface area contributed by atoms with Gasteiger partial charge in [0.25, 0.3) is 5.91 Å². The Balaban J connectivity index is 2.66. The van der Waals surface area contributed by atoms with Gasteiger partial charge in [-0.3, -0.25) is 24.7 Å². The quantitative estimate of drug-likeness (QED) is 0.665. The number of aromatic nitrogens is 1. The Morgan fingerprint density at radius 3 is 2.31 bits per heavy atom. The number of imide groups is 1. The zero-order chi connectivity index (χ0) is 12.1. The summed E-state index contributed by atoms with van der Waals surface area (Å²) in [6.07, 6.45) is 2.84. The first kappa shape index (κ1) is 11.8.